The third kappa shape index (κ3) is 45.0. The van der Waals surface area contributed by atoms with E-state index in [2.05, 4.69) is 4.31 Å². The van der Waals surface area contributed by atoms with Gasteiger partial charge in [0.1, 0.15) is 0 Å². The summed E-state index contributed by atoms with van der Waals surface area (Å²) in [5.74, 6) is 0. The van der Waals surface area contributed by atoms with Crippen molar-refractivity contribution in [3.8, 4) is 0 Å². The molecule has 0 amide bonds. The van der Waals surface area contributed by atoms with Crippen LogP contribution in [0.25, 0.3) is 0 Å². The topological polar surface area (TPSA) is 136 Å². The summed E-state index contributed by atoms with van der Waals surface area (Å²) in [7, 11) is -11.4. The molecule has 0 spiro atoms. The van der Waals surface area contributed by atoms with E-state index in [1.54, 1.807) is 0 Å². The van der Waals surface area contributed by atoms with E-state index in [0.717, 1.165) is 0 Å². The predicted molar refractivity (Wildman–Crippen MR) is 16.3 cm³/mol. The van der Waals surface area contributed by atoms with Crippen molar-refractivity contribution in [2.24, 2.45) is 0 Å². The van der Waals surface area contributed by atoms with Gasteiger partial charge in [0, 0.05) is 0 Å². The first-order valence-electron chi connectivity index (χ1n) is 1.46. The van der Waals surface area contributed by atoms with Crippen molar-refractivity contribution in [3.63, 3.8) is 0 Å². The van der Waals surface area contributed by atoms with E-state index in [1.165, 1.54) is 0 Å². The van der Waals surface area contributed by atoms with E-state index < -0.39 is 15.6 Å². The van der Waals surface area contributed by atoms with Crippen LogP contribution in [0.1, 0.15) is 0 Å². The van der Waals surface area contributed by atoms with Crippen molar-refractivity contribution in [1.29, 1.82) is 0 Å². The van der Waals surface area contributed by atoms with Crippen LogP contribution >= 0.6 is 15.6 Å². The Bertz CT molecular complexity index is 167. The van der Waals surface area contributed by atoms with Crippen LogP contribution < -0.4 is 284 Å². The van der Waals surface area contributed by atoms with Gasteiger partial charge in [0.2, 0.25) is 0 Å². The third-order valence-corrected chi connectivity index (χ3v) is 1.80. The van der Waals surface area contributed by atoms with E-state index in [0.29, 0.717) is 0 Å². The summed E-state index contributed by atoms with van der Waals surface area (Å²) in [5.41, 5.74) is 0. The van der Waals surface area contributed by atoms with Gasteiger partial charge in [-0.15, -0.1) is 0 Å². The van der Waals surface area contributed by atoms with Gasteiger partial charge in [-0.1, -0.05) is 0 Å². The van der Waals surface area contributed by atoms with Crippen molar-refractivity contribution in [3.05, 3.63) is 0 Å². The molecule has 0 aromatic heterocycles. The molecule has 15 heteroatoms. The summed E-state index contributed by atoms with van der Waals surface area (Å²) in [6.45, 7) is 0. The summed E-state index contributed by atoms with van der Waals surface area (Å²) in [4.78, 5) is 37.3. The molecule has 0 saturated heterocycles. The molecule has 0 aromatic rings. The summed E-state index contributed by atoms with van der Waals surface area (Å²) in [6.07, 6.45) is 0. The van der Waals surface area contributed by atoms with E-state index in [-0.39, 0.29) is 265 Å². The first-order valence-corrected chi connectivity index (χ1v) is 4.38. The molecule has 0 N–H and O–H groups in total. The molecule has 0 aromatic carbocycles. The molecule has 0 aliphatic heterocycles. The van der Waals surface area contributed by atoms with Crippen molar-refractivity contribution in [1.82, 2.24) is 0 Å². The average molecular weight is 376 g/mol. The van der Waals surface area contributed by atoms with Crippen LogP contribution in [0.3, 0.4) is 0 Å². The molecule has 0 rings (SSSR count). The van der Waals surface area contributed by atoms with Crippen LogP contribution in [-0.2, 0) is 13.4 Å². The van der Waals surface area contributed by atoms with E-state index in [4.69, 9.17) is 0 Å². The molecule has 0 saturated carbocycles. The number of phosphoric acid groups is 2. The Labute approximate surface area is 302 Å². The van der Waals surface area contributed by atoms with Gasteiger partial charge in [-0.25, -0.2) is 0 Å². The molecular weight excluding hydrogens is 376 g/mol. The second-order valence-electron chi connectivity index (χ2n) is 0.976. The van der Waals surface area contributed by atoms with Gasteiger partial charge in [-0.3, -0.25) is 0 Å². The van der Waals surface area contributed by atoms with Crippen LogP contribution in [0.2, 0.25) is 0 Å². The van der Waals surface area contributed by atoms with E-state index >= 15 is 0 Å². The molecule has 0 fully saturated rings. The molecule has 0 bridgehead atoms. The summed E-state index contributed by atoms with van der Waals surface area (Å²) < 4.78 is 21.2. The quantitative estimate of drug-likeness (QED) is 0.345. The number of rotatable bonds is 2. The van der Waals surface area contributed by atoms with Gasteiger partial charge in [0.15, 0.2) is 0 Å². The number of hydrogen-bond acceptors (Lipinski definition) is 7. The maximum absolute atomic E-state index is 9.32. The molecule has 56 valence electrons. The molecule has 0 atom stereocenters. The normalized spacial score (nSPS) is 8.27. The van der Waals surface area contributed by atoms with Crippen molar-refractivity contribution >= 4 is 15.6 Å². The molecule has 0 aliphatic rings. The third-order valence-electron chi connectivity index (χ3n) is 0.200. The van der Waals surface area contributed by atoms with Gasteiger partial charge in [0.05, 0.1) is 15.6 Å². The summed E-state index contributed by atoms with van der Waals surface area (Å²) >= 11 is 0. The molecule has 0 heterocycles. The first kappa shape index (κ1) is 43.8. The zero-order valence-electron chi connectivity index (χ0n) is 9.75. The Morgan fingerprint density at radius 1 is 0.667 bits per heavy atom. The fraction of sp³-hybridized carbons (Fsp3) is 0. The monoisotopic (exact) mass is 376 g/mol. The van der Waals surface area contributed by atoms with E-state index in [1.807, 2.05) is 0 Å². The Morgan fingerprint density at radius 3 is 0.800 bits per heavy atom. The molecule has 0 unspecified atom stereocenters. The van der Waals surface area contributed by atoms with Gasteiger partial charge >= 0.3 is 265 Å². The second kappa shape index (κ2) is 22.8. The zero-order valence-corrected chi connectivity index (χ0v) is 28.0. The second-order valence-corrected chi connectivity index (χ2v) is 3.42. The van der Waals surface area contributed by atoms with Crippen LogP contribution in [0.4, 0.5) is 0 Å². The SMILES string of the molecule is O=P([O-])([O-])OP(=O)([O-])[O-].[K+].[K+].[K+].[K+].[Na+].[Na+]. The first-order chi connectivity index (χ1) is 3.71. The Balaban J connectivity index is -0.0000000213. The van der Waals surface area contributed by atoms with Gasteiger partial charge < -0.3 is 33.0 Å². The maximum atomic E-state index is 9.32. The smallest absolute Gasteiger partial charge is 0.790 e. The Kier molecular flexibility index (Phi) is 66.7. The zero-order chi connectivity index (χ0) is 7.71. The summed E-state index contributed by atoms with van der Waals surface area (Å²) in [5, 5.41) is 0. The van der Waals surface area contributed by atoms with Gasteiger partial charge in [0.25, 0.3) is 0 Å². The largest absolute Gasteiger partial charge is 1.00 e. The summed E-state index contributed by atoms with van der Waals surface area (Å²) in [6, 6.07) is 0. The van der Waals surface area contributed by atoms with Gasteiger partial charge in [-0.05, 0) is 0 Å². The van der Waals surface area contributed by atoms with Crippen molar-refractivity contribution in [2.75, 3.05) is 0 Å². The molecular formula is K4Na2O7P2+2. The molecule has 15 heavy (non-hydrogen) atoms. The van der Waals surface area contributed by atoms with Crippen LogP contribution in [0, 0.1) is 0 Å². The molecule has 0 aliphatic carbocycles. The molecule has 0 radical (unpaired) electrons. The standard InChI is InChI=1S/4K.2Na.H4O7P2/c;;;;;;1-8(2,3)7-9(4,5)6/h;;;;;;(H2,1,2,3)(H2,4,5,6)/q6*+1;/p-4. The Morgan fingerprint density at radius 2 is 0.800 bits per heavy atom. The fourth-order valence-corrected chi connectivity index (χ4v) is 1.10. The van der Waals surface area contributed by atoms with Crippen LogP contribution in [-0.4, -0.2) is 0 Å². The van der Waals surface area contributed by atoms with Crippen LogP contribution in [0.15, 0.2) is 0 Å². The maximum Gasteiger partial charge on any atom is 1.00 e. The van der Waals surface area contributed by atoms with Crippen LogP contribution in [0.5, 0.6) is 0 Å². The fourth-order valence-electron chi connectivity index (χ4n) is 0.122. The van der Waals surface area contributed by atoms with Crippen molar-refractivity contribution < 1.29 is 298 Å². The Hall–Kier alpha value is 8.81. The van der Waals surface area contributed by atoms with Crippen molar-refractivity contribution in [2.45, 2.75) is 0 Å². The molecule has 7 nitrogen and oxygen atoms in total. The average Bonchev–Trinajstić information content (AvgIpc) is 1.14. The van der Waals surface area contributed by atoms with E-state index in [9.17, 15) is 28.7 Å². The minimum Gasteiger partial charge on any atom is -0.790 e. The van der Waals surface area contributed by atoms with Gasteiger partial charge in [-0.2, -0.15) is 0 Å². The minimum atomic E-state index is -5.68. The number of hydrogen-bond donors (Lipinski definition) is 0. The predicted octanol–water partition coefficient (Wildman–Crippen LogP) is -21.3. The minimum absolute atomic E-state index is 0.